The molecule has 8 heteroatoms. The molecule has 0 spiro atoms. The minimum Gasteiger partial charge on any atom is -0.410 e. The summed E-state index contributed by atoms with van der Waals surface area (Å²) in [4.78, 5) is 40.1. The molecule has 33 heavy (non-hydrogen) atoms. The average Bonchev–Trinajstić information content (AvgIpc) is 2.83. The lowest BCUT2D eigenvalue weighted by molar-refractivity contribution is -0.117. The lowest BCUT2D eigenvalue weighted by Gasteiger charge is -2.35. The van der Waals surface area contributed by atoms with Crippen LogP contribution in [0, 0.1) is 0 Å². The topological polar surface area (TPSA) is 114 Å². The Balaban J connectivity index is 1.69. The van der Waals surface area contributed by atoms with E-state index >= 15 is 0 Å². The maximum absolute atomic E-state index is 13.3. The van der Waals surface area contributed by atoms with Crippen molar-refractivity contribution < 1.29 is 19.1 Å². The monoisotopic (exact) mass is 444 g/mol. The van der Waals surface area contributed by atoms with Gasteiger partial charge in [0.1, 0.15) is 11.8 Å². The number of hydrogen-bond acceptors (Lipinski definition) is 5. The van der Waals surface area contributed by atoms with Gasteiger partial charge in [-0.15, -0.1) is 0 Å². The van der Waals surface area contributed by atoms with E-state index < -0.39 is 12.1 Å². The van der Waals surface area contributed by atoms with Gasteiger partial charge in [0.15, 0.2) is 0 Å². The first-order valence-electron chi connectivity index (χ1n) is 10.6. The van der Waals surface area contributed by atoms with Crippen molar-refractivity contribution in [3.8, 4) is 5.75 Å². The van der Waals surface area contributed by atoms with Crippen LogP contribution in [-0.2, 0) is 11.2 Å². The van der Waals surface area contributed by atoms with Crippen LogP contribution in [0.5, 0.6) is 5.75 Å². The van der Waals surface area contributed by atoms with Gasteiger partial charge in [-0.25, -0.2) is 4.79 Å². The Bertz CT molecular complexity index is 1150. The molecule has 0 aliphatic carbocycles. The molecule has 0 fully saturated rings. The van der Waals surface area contributed by atoms with Crippen LogP contribution in [-0.4, -0.2) is 37.0 Å². The Kier molecular flexibility index (Phi) is 6.66. The molecule has 168 valence electrons. The molecule has 0 radical (unpaired) electrons. The van der Waals surface area contributed by atoms with Crippen molar-refractivity contribution in [2.45, 2.75) is 12.5 Å². The van der Waals surface area contributed by atoms with Gasteiger partial charge in [0.2, 0.25) is 5.91 Å². The quantitative estimate of drug-likeness (QED) is 0.541. The van der Waals surface area contributed by atoms with Gasteiger partial charge in [0, 0.05) is 25.1 Å². The molecule has 1 aliphatic rings. The maximum atomic E-state index is 13.3. The third kappa shape index (κ3) is 5.02. The summed E-state index contributed by atoms with van der Waals surface area (Å²) >= 11 is 0. The number of rotatable bonds is 6. The van der Waals surface area contributed by atoms with E-state index in [-0.39, 0.29) is 11.8 Å². The Morgan fingerprint density at radius 2 is 1.70 bits per heavy atom. The average molecular weight is 444 g/mol. The highest BCUT2D eigenvalue weighted by Crippen LogP contribution is 2.35. The molecule has 4 N–H and O–H groups in total. The first kappa shape index (κ1) is 22.0. The van der Waals surface area contributed by atoms with E-state index in [0.29, 0.717) is 42.2 Å². The summed E-state index contributed by atoms with van der Waals surface area (Å²) in [6.07, 6.45) is -0.382. The molecule has 0 bridgehead atoms. The van der Waals surface area contributed by atoms with Gasteiger partial charge in [-0.1, -0.05) is 48.5 Å². The summed E-state index contributed by atoms with van der Waals surface area (Å²) < 4.78 is 5.57. The van der Waals surface area contributed by atoms with Crippen molar-refractivity contribution >= 4 is 29.3 Å². The number of benzene rings is 3. The van der Waals surface area contributed by atoms with E-state index in [1.807, 2.05) is 36.4 Å². The number of nitrogens with zero attached hydrogens (tertiary/aromatic N) is 1. The SMILES string of the molecule is NCCNC(=O)c1ccc2c(c1)NC(=O)C(Cc1ccccc1)N2C(=O)Oc1ccccc1. The van der Waals surface area contributed by atoms with Crippen LogP contribution in [0.2, 0.25) is 0 Å². The summed E-state index contributed by atoms with van der Waals surface area (Å²) in [5.74, 6) is -0.315. The molecule has 1 atom stereocenters. The summed E-state index contributed by atoms with van der Waals surface area (Å²) in [5.41, 5.74) is 7.50. The number of carbonyl (C=O) groups is 3. The summed E-state index contributed by atoms with van der Waals surface area (Å²) in [7, 11) is 0. The molecule has 3 amide bonds. The molecule has 1 heterocycles. The van der Waals surface area contributed by atoms with E-state index in [4.69, 9.17) is 10.5 Å². The number of fused-ring (bicyclic) bond motifs is 1. The fourth-order valence-electron chi connectivity index (χ4n) is 3.66. The van der Waals surface area contributed by atoms with Gasteiger partial charge in [0.05, 0.1) is 11.4 Å². The smallest absolute Gasteiger partial charge is 0.410 e. The summed E-state index contributed by atoms with van der Waals surface area (Å²) in [6, 6.07) is 22.1. The predicted molar refractivity (Wildman–Crippen MR) is 125 cm³/mol. The number of anilines is 2. The minimum absolute atomic E-state index is 0.300. The second-order valence-corrected chi connectivity index (χ2v) is 7.52. The Hall–Kier alpha value is -4.17. The Morgan fingerprint density at radius 1 is 1.00 bits per heavy atom. The van der Waals surface area contributed by atoms with Crippen LogP contribution in [0.15, 0.2) is 78.9 Å². The Labute approximate surface area is 191 Å². The normalized spacial score (nSPS) is 14.8. The number of para-hydroxylation sites is 1. The minimum atomic E-state index is -0.826. The zero-order chi connectivity index (χ0) is 23.2. The van der Waals surface area contributed by atoms with Crippen LogP contribution < -0.4 is 26.0 Å². The molecule has 4 rings (SSSR count). The van der Waals surface area contributed by atoms with E-state index in [2.05, 4.69) is 10.6 Å². The van der Waals surface area contributed by atoms with Gasteiger partial charge < -0.3 is 21.1 Å². The highest BCUT2D eigenvalue weighted by atomic mass is 16.6. The number of nitrogens with two attached hydrogens (primary N) is 1. The van der Waals surface area contributed by atoms with Crippen molar-refractivity contribution in [3.63, 3.8) is 0 Å². The van der Waals surface area contributed by atoms with Crippen molar-refractivity contribution in [2.75, 3.05) is 23.3 Å². The van der Waals surface area contributed by atoms with Crippen LogP contribution in [0.4, 0.5) is 16.2 Å². The van der Waals surface area contributed by atoms with Crippen molar-refractivity contribution in [1.29, 1.82) is 0 Å². The highest BCUT2D eigenvalue weighted by molar-refractivity contribution is 6.12. The molecule has 0 saturated heterocycles. The fourth-order valence-corrected chi connectivity index (χ4v) is 3.66. The second-order valence-electron chi connectivity index (χ2n) is 7.52. The Morgan fingerprint density at radius 3 is 2.39 bits per heavy atom. The molecule has 8 nitrogen and oxygen atoms in total. The van der Waals surface area contributed by atoms with Crippen molar-refractivity contribution in [2.24, 2.45) is 5.73 Å². The molecular weight excluding hydrogens is 420 g/mol. The fraction of sp³-hybridized carbons (Fsp3) is 0.160. The molecule has 1 aliphatic heterocycles. The number of amides is 3. The standard InChI is InChI=1S/C25H24N4O4/c26-13-14-27-23(30)18-11-12-21-20(16-18)28-24(31)22(15-17-7-3-1-4-8-17)29(21)25(32)33-19-9-5-2-6-10-19/h1-12,16,22H,13-15,26H2,(H,27,30)(H,28,31). The van der Waals surface area contributed by atoms with Crippen LogP contribution >= 0.6 is 0 Å². The zero-order valence-corrected chi connectivity index (χ0v) is 17.9. The van der Waals surface area contributed by atoms with Crippen molar-refractivity contribution in [3.05, 3.63) is 90.0 Å². The number of ether oxygens (including phenoxy) is 1. The van der Waals surface area contributed by atoms with Crippen LogP contribution in [0.3, 0.4) is 0 Å². The lowest BCUT2D eigenvalue weighted by atomic mass is 9.99. The van der Waals surface area contributed by atoms with E-state index in [0.717, 1.165) is 5.56 Å². The summed E-state index contributed by atoms with van der Waals surface area (Å²) in [6.45, 7) is 0.643. The molecule has 1 unspecified atom stereocenters. The zero-order valence-electron chi connectivity index (χ0n) is 17.9. The summed E-state index contributed by atoms with van der Waals surface area (Å²) in [5, 5.41) is 5.53. The molecule has 3 aromatic carbocycles. The molecule has 0 saturated carbocycles. The van der Waals surface area contributed by atoms with Crippen LogP contribution in [0.1, 0.15) is 15.9 Å². The second kappa shape index (κ2) is 9.97. The predicted octanol–water partition coefficient (Wildman–Crippen LogP) is 2.94. The van der Waals surface area contributed by atoms with Gasteiger partial charge in [0.25, 0.3) is 5.91 Å². The van der Waals surface area contributed by atoms with Gasteiger partial charge >= 0.3 is 6.09 Å². The first-order valence-corrected chi connectivity index (χ1v) is 10.6. The molecular formula is C25H24N4O4. The van der Waals surface area contributed by atoms with Gasteiger partial charge in [-0.2, -0.15) is 0 Å². The first-order chi connectivity index (χ1) is 16.1. The van der Waals surface area contributed by atoms with Gasteiger partial charge in [-0.05, 0) is 35.9 Å². The number of carbonyl (C=O) groups excluding carboxylic acids is 3. The largest absolute Gasteiger partial charge is 0.420 e. The molecule has 3 aromatic rings. The highest BCUT2D eigenvalue weighted by Gasteiger charge is 2.38. The third-order valence-corrected chi connectivity index (χ3v) is 5.24. The lowest BCUT2D eigenvalue weighted by Crippen LogP contribution is -2.53. The maximum Gasteiger partial charge on any atom is 0.420 e. The van der Waals surface area contributed by atoms with Crippen molar-refractivity contribution in [1.82, 2.24) is 5.32 Å². The van der Waals surface area contributed by atoms with Gasteiger partial charge in [-0.3, -0.25) is 14.5 Å². The number of nitrogens with one attached hydrogen (secondary N) is 2. The van der Waals surface area contributed by atoms with E-state index in [1.165, 1.54) is 4.90 Å². The van der Waals surface area contributed by atoms with Crippen LogP contribution in [0.25, 0.3) is 0 Å². The van der Waals surface area contributed by atoms with E-state index in [9.17, 15) is 14.4 Å². The molecule has 0 aromatic heterocycles. The van der Waals surface area contributed by atoms with E-state index in [1.54, 1.807) is 42.5 Å². The third-order valence-electron chi connectivity index (χ3n) is 5.24. The number of hydrogen-bond donors (Lipinski definition) is 3.